The zero-order valence-corrected chi connectivity index (χ0v) is 15.5. The zero-order chi connectivity index (χ0) is 18.9. The van der Waals surface area contributed by atoms with Crippen LogP contribution in [0.3, 0.4) is 0 Å². The van der Waals surface area contributed by atoms with Crippen molar-refractivity contribution in [3.63, 3.8) is 0 Å². The van der Waals surface area contributed by atoms with Gasteiger partial charge in [-0.2, -0.15) is 4.39 Å². The van der Waals surface area contributed by atoms with Gasteiger partial charge in [-0.15, -0.1) is 0 Å². The van der Waals surface area contributed by atoms with E-state index >= 15 is 8.78 Å². The molecule has 0 aliphatic heterocycles. The van der Waals surface area contributed by atoms with Gasteiger partial charge in [0, 0.05) is 11.5 Å². The first-order chi connectivity index (χ1) is 12.4. The molecule has 146 valence electrons. The van der Waals surface area contributed by atoms with Crippen molar-refractivity contribution in [2.75, 3.05) is 6.61 Å². The Morgan fingerprint density at radius 1 is 1.04 bits per heavy atom. The number of fused-ring (bicyclic) bond motifs is 1. The Morgan fingerprint density at radius 3 is 2.46 bits per heavy atom. The molecule has 0 spiro atoms. The fourth-order valence-corrected chi connectivity index (χ4v) is 5.07. The molecule has 2 aliphatic rings. The molecule has 1 aromatic rings. The van der Waals surface area contributed by atoms with Gasteiger partial charge in [-0.25, -0.2) is 13.2 Å². The molecule has 2 saturated carbocycles. The molecule has 5 heteroatoms. The third-order valence-electron chi connectivity index (χ3n) is 6.35. The SMILES string of the molecule is CCCC1CCC2CC(c3ccc(OCC)c(F)c3F)C(F)(F)C2CC1. The molecule has 0 heterocycles. The van der Waals surface area contributed by atoms with E-state index < -0.39 is 29.4 Å². The maximum Gasteiger partial charge on any atom is 0.258 e. The molecule has 4 unspecified atom stereocenters. The molecule has 3 rings (SSSR count). The van der Waals surface area contributed by atoms with Gasteiger partial charge in [0.2, 0.25) is 5.82 Å². The highest BCUT2D eigenvalue weighted by molar-refractivity contribution is 5.35. The Balaban J connectivity index is 1.84. The van der Waals surface area contributed by atoms with Crippen LogP contribution in [0.25, 0.3) is 0 Å². The number of hydrogen-bond acceptors (Lipinski definition) is 1. The summed E-state index contributed by atoms with van der Waals surface area (Å²) in [6, 6.07) is 2.56. The second kappa shape index (κ2) is 7.77. The van der Waals surface area contributed by atoms with Gasteiger partial charge in [-0.3, -0.25) is 0 Å². The topological polar surface area (TPSA) is 9.23 Å². The van der Waals surface area contributed by atoms with Gasteiger partial charge < -0.3 is 4.74 Å². The van der Waals surface area contributed by atoms with Crippen LogP contribution in [0.2, 0.25) is 0 Å². The molecule has 0 amide bonds. The summed E-state index contributed by atoms with van der Waals surface area (Å²) in [7, 11) is 0. The smallest absolute Gasteiger partial charge is 0.258 e. The Bertz CT molecular complexity index is 631. The first kappa shape index (κ1) is 19.5. The molecular weight excluding hydrogens is 344 g/mol. The number of hydrogen-bond donors (Lipinski definition) is 0. The van der Waals surface area contributed by atoms with Crippen LogP contribution in [0, 0.1) is 29.4 Å². The van der Waals surface area contributed by atoms with Crippen molar-refractivity contribution >= 4 is 0 Å². The Kier molecular flexibility index (Phi) is 5.83. The average Bonchev–Trinajstić information content (AvgIpc) is 2.74. The minimum atomic E-state index is -2.99. The summed E-state index contributed by atoms with van der Waals surface area (Å²) in [6.07, 6.45) is 5.45. The minimum absolute atomic E-state index is 0.106. The highest BCUT2D eigenvalue weighted by Gasteiger charge is 2.58. The summed E-state index contributed by atoms with van der Waals surface area (Å²) < 4.78 is 64.1. The van der Waals surface area contributed by atoms with Crippen molar-refractivity contribution in [1.29, 1.82) is 0 Å². The fraction of sp³-hybridized carbons (Fsp3) is 0.714. The van der Waals surface area contributed by atoms with E-state index in [1.54, 1.807) is 6.92 Å². The van der Waals surface area contributed by atoms with Crippen molar-refractivity contribution in [2.45, 2.75) is 70.6 Å². The number of ether oxygens (including phenoxy) is 1. The number of alkyl halides is 2. The Hall–Kier alpha value is -1.26. The van der Waals surface area contributed by atoms with Gasteiger partial charge in [0.25, 0.3) is 5.92 Å². The van der Waals surface area contributed by atoms with E-state index in [2.05, 4.69) is 6.92 Å². The molecular formula is C21H28F4O. The molecule has 2 fully saturated rings. The van der Waals surface area contributed by atoms with E-state index in [0.29, 0.717) is 12.3 Å². The lowest BCUT2D eigenvalue weighted by atomic mass is 9.87. The summed E-state index contributed by atoms with van der Waals surface area (Å²) in [5.74, 6) is -7.09. The summed E-state index contributed by atoms with van der Waals surface area (Å²) in [5, 5.41) is 0. The third kappa shape index (κ3) is 3.46. The fourth-order valence-electron chi connectivity index (χ4n) is 5.07. The van der Waals surface area contributed by atoms with Crippen molar-refractivity contribution in [2.24, 2.45) is 17.8 Å². The molecule has 0 saturated heterocycles. The minimum Gasteiger partial charge on any atom is -0.491 e. The van der Waals surface area contributed by atoms with Crippen molar-refractivity contribution in [1.82, 2.24) is 0 Å². The van der Waals surface area contributed by atoms with E-state index in [4.69, 9.17) is 4.74 Å². The first-order valence-corrected chi connectivity index (χ1v) is 9.88. The van der Waals surface area contributed by atoms with Crippen LogP contribution in [0.5, 0.6) is 5.75 Å². The third-order valence-corrected chi connectivity index (χ3v) is 6.35. The highest BCUT2D eigenvalue weighted by atomic mass is 19.3. The zero-order valence-electron chi connectivity index (χ0n) is 15.5. The lowest BCUT2D eigenvalue weighted by Crippen LogP contribution is -2.30. The second-order valence-corrected chi connectivity index (χ2v) is 7.85. The molecule has 0 N–H and O–H groups in total. The van der Waals surface area contributed by atoms with Crippen LogP contribution in [0.15, 0.2) is 12.1 Å². The van der Waals surface area contributed by atoms with Crippen molar-refractivity contribution in [3.05, 3.63) is 29.3 Å². The highest BCUT2D eigenvalue weighted by Crippen LogP contribution is 2.58. The summed E-state index contributed by atoms with van der Waals surface area (Å²) in [6.45, 7) is 3.98. The largest absolute Gasteiger partial charge is 0.491 e. The Morgan fingerprint density at radius 2 is 1.77 bits per heavy atom. The quantitative estimate of drug-likeness (QED) is 0.522. The molecule has 1 nitrogen and oxygen atoms in total. The van der Waals surface area contributed by atoms with Gasteiger partial charge in [-0.05, 0) is 50.5 Å². The number of halogens is 4. The van der Waals surface area contributed by atoms with E-state index in [1.165, 1.54) is 12.1 Å². The number of rotatable bonds is 5. The van der Waals surface area contributed by atoms with Gasteiger partial charge in [0.15, 0.2) is 11.6 Å². The van der Waals surface area contributed by atoms with Gasteiger partial charge in [-0.1, -0.05) is 32.3 Å². The predicted octanol–water partition coefficient (Wildman–Crippen LogP) is 6.71. The maximum absolute atomic E-state index is 15.2. The summed E-state index contributed by atoms with van der Waals surface area (Å²) in [4.78, 5) is 0. The van der Waals surface area contributed by atoms with Crippen LogP contribution in [-0.2, 0) is 0 Å². The lowest BCUT2D eigenvalue weighted by molar-refractivity contribution is -0.0630. The Labute approximate surface area is 153 Å². The maximum atomic E-state index is 15.2. The van der Waals surface area contributed by atoms with Crippen molar-refractivity contribution < 1.29 is 22.3 Å². The van der Waals surface area contributed by atoms with Gasteiger partial charge in [0.1, 0.15) is 0 Å². The van der Waals surface area contributed by atoms with E-state index in [0.717, 1.165) is 32.1 Å². The summed E-state index contributed by atoms with van der Waals surface area (Å²) in [5.41, 5.74) is -0.200. The average molecular weight is 372 g/mol. The molecule has 1 aromatic carbocycles. The van der Waals surface area contributed by atoms with Crippen LogP contribution < -0.4 is 4.74 Å². The predicted molar refractivity (Wildman–Crippen MR) is 93.7 cm³/mol. The molecule has 26 heavy (non-hydrogen) atoms. The van der Waals surface area contributed by atoms with Crippen LogP contribution in [0.4, 0.5) is 17.6 Å². The standard InChI is InChI=1S/C21H28F4O/c1-3-5-13-6-8-14-12-17(21(24,25)16(14)10-7-13)15-9-11-18(26-4-2)20(23)19(15)22/h9,11,13-14,16-17H,3-8,10,12H2,1-2H3. The van der Waals surface area contributed by atoms with Crippen molar-refractivity contribution in [3.8, 4) is 5.75 Å². The van der Waals surface area contributed by atoms with Crippen LogP contribution in [0.1, 0.15) is 70.3 Å². The first-order valence-electron chi connectivity index (χ1n) is 9.88. The van der Waals surface area contributed by atoms with Gasteiger partial charge >= 0.3 is 0 Å². The van der Waals surface area contributed by atoms with E-state index in [-0.39, 0.29) is 30.3 Å². The molecule has 4 atom stereocenters. The van der Waals surface area contributed by atoms with E-state index in [9.17, 15) is 8.78 Å². The van der Waals surface area contributed by atoms with E-state index in [1.807, 2.05) is 0 Å². The summed E-state index contributed by atoms with van der Waals surface area (Å²) >= 11 is 0. The lowest BCUT2D eigenvalue weighted by Gasteiger charge is -2.26. The number of benzene rings is 1. The van der Waals surface area contributed by atoms with Gasteiger partial charge in [0.05, 0.1) is 12.5 Å². The second-order valence-electron chi connectivity index (χ2n) is 7.85. The molecule has 0 bridgehead atoms. The monoisotopic (exact) mass is 372 g/mol. The molecule has 0 aromatic heterocycles. The molecule has 2 aliphatic carbocycles. The molecule has 0 radical (unpaired) electrons. The van der Waals surface area contributed by atoms with Crippen LogP contribution >= 0.6 is 0 Å². The van der Waals surface area contributed by atoms with Crippen LogP contribution in [-0.4, -0.2) is 12.5 Å². The normalized spacial score (nSPS) is 30.7.